The number of amides is 1. The summed E-state index contributed by atoms with van der Waals surface area (Å²) in [6, 6.07) is 11.5. The maximum absolute atomic E-state index is 12.2. The monoisotopic (exact) mass is 296 g/mol. The number of hydrogen-bond donors (Lipinski definition) is 3. The summed E-state index contributed by atoms with van der Waals surface area (Å²) in [6.07, 6.45) is 1.46. The molecule has 2 aromatic heterocycles. The number of anilines is 1. The Balaban J connectivity index is 1.74. The third-order valence-electron chi connectivity index (χ3n) is 3.49. The zero-order valence-electron chi connectivity index (χ0n) is 11.0. The number of fused-ring (bicyclic) bond motifs is 1. The van der Waals surface area contributed by atoms with E-state index < -0.39 is 0 Å². The average Bonchev–Trinajstić information content (AvgIpc) is 3.18. The van der Waals surface area contributed by atoms with E-state index in [1.807, 2.05) is 41.8 Å². The number of nitrogens with one attached hydrogen (secondary N) is 3. The second-order valence-electron chi connectivity index (χ2n) is 4.77. The molecule has 1 atom stereocenters. The maximum atomic E-state index is 12.2. The van der Waals surface area contributed by atoms with Gasteiger partial charge in [-0.05, 0) is 23.6 Å². The number of nitrogens with zero attached hydrogens (tertiary/aromatic N) is 1. The molecule has 0 bridgehead atoms. The Morgan fingerprint density at radius 3 is 2.86 bits per heavy atom. The van der Waals surface area contributed by atoms with Crippen molar-refractivity contribution in [2.45, 2.75) is 6.17 Å². The van der Waals surface area contributed by atoms with Gasteiger partial charge in [-0.3, -0.25) is 9.89 Å². The van der Waals surface area contributed by atoms with Gasteiger partial charge in [0.2, 0.25) is 0 Å². The molecule has 1 aliphatic rings. The first kappa shape index (κ1) is 12.2. The molecule has 3 heterocycles. The molecule has 104 valence electrons. The Bertz CT molecular complexity index is 794. The number of aromatic nitrogens is 2. The molecule has 1 aliphatic heterocycles. The number of carbonyl (C=O) groups is 1. The van der Waals surface area contributed by atoms with Crippen LogP contribution in [0.1, 0.15) is 22.1 Å². The van der Waals surface area contributed by atoms with Crippen molar-refractivity contribution in [2.75, 3.05) is 5.32 Å². The summed E-state index contributed by atoms with van der Waals surface area (Å²) >= 11 is 1.63. The fourth-order valence-corrected chi connectivity index (χ4v) is 3.24. The highest BCUT2D eigenvalue weighted by atomic mass is 32.1. The summed E-state index contributed by atoms with van der Waals surface area (Å²) in [5, 5.41) is 15.5. The lowest BCUT2D eigenvalue weighted by atomic mass is 10.1. The van der Waals surface area contributed by atoms with Crippen molar-refractivity contribution >= 4 is 22.9 Å². The van der Waals surface area contributed by atoms with E-state index in [0.717, 1.165) is 21.8 Å². The molecule has 0 radical (unpaired) electrons. The van der Waals surface area contributed by atoms with Crippen LogP contribution in [0.4, 0.5) is 5.69 Å². The first-order chi connectivity index (χ1) is 10.3. The molecule has 0 fully saturated rings. The molecular weight excluding hydrogens is 284 g/mol. The zero-order valence-corrected chi connectivity index (χ0v) is 11.8. The van der Waals surface area contributed by atoms with Gasteiger partial charge in [0, 0.05) is 11.3 Å². The molecule has 1 aromatic carbocycles. The molecule has 6 heteroatoms. The van der Waals surface area contributed by atoms with Gasteiger partial charge in [-0.1, -0.05) is 18.2 Å². The number of thiophene rings is 1. The number of rotatable bonds is 2. The van der Waals surface area contributed by atoms with Crippen molar-refractivity contribution in [1.82, 2.24) is 15.5 Å². The number of para-hydroxylation sites is 1. The predicted octanol–water partition coefficient (Wildman–Crippen LogP) is 2.99. The van der Waals surface area contributed by atoms with E-state index in [-0.39, 0.29) is 12.1 Å². The second kappa shape index (κ2) is 4.75. The summed E-state index contributed by atoms with van der Waals surface area (Å²) in [5.41, 5.74) is 3.36. The Morgan fingerprint density at radius 1 is 1.10 bits per heavy atom. The molecule has 21 heavy (non-hydrogen) atoms. The van der Waals surface area contributed by atoms with Crippen LogP contribution in [0.15, 0.2) is 48.0 Å². The predicted molar refractivity (Wildman–Crippen MR) is 82.2 cm³/mol. The van der Waals surface area contributed by atoms with Crippen LogP contribution in [0.25, 0.3) is 10.6 Å². The Hall–Kier alpha value is -2.60. The normalized spacial score (nSPS) is 17.0. The van der Waals surface area contributed by atoms with E-state index in [2.05, 4.69) is 20.8 Å². The van der Waals surface area contributed by atoms with E-state index in [1.165, 1.54) is 0 Å². The Kier molecular flexibility index (Phi) is 2.75. The van der Waals surface area contributed by atoms with E-state index in [1.54, 1.807) is 17.5 Å². The van der Waals surface area contributed by atoms with Gasteiger partial charge in [-0.2, -0.15) is 5.10 Å². The maximum Gasteiger partial charge on any atom is 0.255 e. The van der Waals surface area contributed by atoms with Crippen molar-refractivity contribution < 1.29 is 4.79 Å². The van der Waals surface area contributed by atoms with Crippen molar-refractivity contribution in [3.8, 4) is 10.6 Å². The van der Waals surface area contributed by atoms with Crippen molar-refractivity contribution in [3.05, 3.63) is 59.1 Å². The van der Waals surface area contributed by atoms with Crippen LogP contribution in [0.5, 0.6) is 0 Å². The molecule has 0 aliphatic carbocycles. The molecule has 3 N–H and O–H groups in total. The van der Waals surface area contributed by atoms with Gasteiger partial charge in [0.25, 0.3) is 5.91 Å². The topological polar surface area (TPSA) is 69.8 Å². The van der Waals surface area contributed by atoms with Crippen LogP contribution in [0.3, 0.4) is 0 Å². The molecule has 0 spiro atoms. The largest absolute Gasteiger partial charge is 0.361 e. The summed E-state index contributed by atoms with van der Waals surface area (Å²) in [4.78, 5) is 13.3. The van der Waals surface area contributed by atoms with Gasteiger partial charge in [0.05, 0.1) is 22.3 Å². The number of benzene rings is 1. The molecule has 5 nitrogen and oxygen atoms in total. The minimum Gasteiger partial charge on any atom is -0.361 e. The molecule has 0 saturated heterocycles. The van der Waals surface area contributed by atoms with Crippen molar-refractivity contribution in [3.63, 3.8) is 0 Å². The van der Waals surface area contributed by atoms with Crippen molar-refractivity contribution in [1.29, 1.82) is 0 Å². The third kappa shape index (κ3) is 2.00. The van der Waals surface area contributed by atoms with Gasteiger partial charge in [-0.15, -0.1) is 11.3 Å². The van der Waals surface area contributed by atoms with Crippen LogP contribution in [0.2, 0.25) is 0 Å². The molecule has 0 unspecified atom stereocenters. The average molecular weight is 296 g/mol. The lowest BCUT2D eigenvalue weighted by molar-refractivity contribution is 0.0936. The van der Waals surface area contributed by atoms with E-state index >= 15 is 0 Å². The lowest BCUT2D eigenvalue weighted by Crippen LogP contribution is -2.38. The summed E-state index contributed by atoms with van der Waals surface area (Å²) in [6.45, 7) is 0. The standard InChI is InChI=1S/C15H12N4OS/c20-15-9-4-1-2-5-11(9)17-14(18-15)10-8-16-19-13(10)12-6-3-7-21-12/h1-8,14,17H,(H,16,19)(H,18,20)/t14-/m0/s1. The highest BCUT2D eigenvalue weighted by Crippen LogP contribution is 2.32. The zero-order chi connectivity index (χ0) is 14.2. The van der Waals surface area contributed by atoms with Crippen LogP contribution in [0, 0.1) is 0 Å². The number of carbonyl (C=O) groups excluding carboxylic acids is 1. The minimum absolute atomic E-state index is 0.0762. The SMILES string of the molecule is O=C1N[C@@H](c2cn[nH]c2-c2cccs2)Nc2ccccc21. The molecule has 1 amide bonds. The molecular formula is C15H12N4OS. The molecule has 0 saturated carbocycles. The quantitative estimate of drug-likeness (QED) is 0.681. The lowest BCUT2D eigenvalue weighted by Gasteiger charge is -2.27. The molecule has 3 aromatic rings. The van der Waals surface area contributed by atoms with Crippen LogP contribution < -0.4 is 10.6 Å². The van der Waals surface area contributed by atoms with Crippen LogP contribution in [-0.4, -0.2) is 16.1 Å². The summed E-state index contributed by atoms with van der Waals surface area (Å²) in [5.74, 6) is -0.0762. The van der Waals surface area contributed by atoms with E-state index in [4.69, 9.17) is 0 Å². The van der Waals surface area contributed by atoms with E-state index in [9.17, 15) is 4.79 Å². The third-order valence-corrected chi connectivity index (χ3v) is 4.38. The van der Waals surface area contributed by atoms with Gasteiger partial charge in [-0.25, -0.2) is 0 Å². The highest BCUT2D eigenvalue weighted by Gasteiger charge is 2.27. The minimum atomic E-state index is -0.289. The number of H-pyrrole nitrogens is 1. The number of hydrogen-bond acceptors (Lipinski definition) is 4. The van der Waals surface area contributed by atoms with Gasteiger partial charge >= 0.3 is 0 Å². The highest BCUT2D eigenvalue weighted by molar-refractivity contribution is 7.13. The summed E-state index contributed by atoms with van der Waals surface area (Å²) < 4.78 is 0. The first-order valence-electron chi connectivity index (χ1n) is 6.56. The Labute approximate surface area is 125 Å². The van der Waals surface area contributed by atoms with Crippen LogP contribution >= 0.6 is 11.3 Å². The Morgan fingerprint density at radius 2 is 2.00 bits per heavy atom. The van der Waals surface area contributed by atoms with E-state index in [0.29, 0.717) is 5.56 Å². The van der Waals surface area contributed by atoms with Gasteiger partial charge in [0.15, 0.2) is 0 Å². The van der Waals surface area contributed by atoms with Crippen LogP contribution in [-0.2, 0) is 0 Å². The molecule has 4 rings (SSSR count). The fourth-order valence-electron chi connectivity index (χ4n) is 2.50. The smallest absolute Gasteiger partial charge is 0.255 e. The second-order valence-corrected chi connectivity index (χ2v) is 5.72. The fraction of sp³-hybridized carbons (Fsp3) is 0.0667. The van der Waals surface area contributed by atoms with Crippen molar-refractivity contribution in [2.24, 2.45) is 0 Å². The van der Waals surface area contributed by atoms with Gasteiger partial charge < -0.3 is 10.6 Å². The number of aromatic amines is 1. The van der Waals surface area contributed by atoms with Gasteiger partial charge in [0.1, 0.15) is 6.17 Å². The first-order valence-corrected chi connectivity index (χ1v) is 7.44. The summed E-state index contributed by atoms with van der Waals surface area (Å²) in [7, 11) is 0.